The number of nitrogens with one attached hydrogen (secondary N) is 1. The number of aromatic nitrogens is 2. The van der Waals surface area contributed by atoms with Crippen molar-refractivity contribution in [1.29, 1.82) is 0 Å². The number of carbonyl (C=O) groups excluding carboxylic acids is 1. The van der Waals surface area contributed by atoms with Crippen molar-refractivity contribution in [3.8, 4) is 28.3 Å². The molecule has 4 nitrogen and oxygen atoms in total. The number of anilines is 1. The van der Waals surface area contributed by atoms with Gasteiger partial charge in [0.1, 0.15) is 5.82 Å². The van der Waals surface area contributed by atoms with Crippen molar-refractivity contribution < 1.29 is 4.79 Å². The summed E-state index contributed by atoms with van der Waals surface area (Å²) < 4.78 is 2.02. The van der Waals surface area contributed by atoms with Gasteiger partial charge in [-0.25, -0.2) is 4.98 Å². The van der Waals surface area contributed by atoms with Gasteiger partial charge in [-0.3, -0.25) is 9.36 Å². The highest BCUT2D eigenvalue weighted by Crippen LogP contribution is 2.38. The fourth-order valence-corrected chi connectivity index (χ4v) is 3.77. The zero-order valence-electron chi connectivity index (χ0n) is 16.5. The molecule has 0 aliphatic rings. The van der Waals surface area contributed by atoms with E-state index in [0.29, 0.717) is 21.7 Å². The van der Waals surface area contributed by atoms with Gasteiger partial charge in [0.15, 0.2) is 5.82 Å². The zero-order valence-corrected chi connectivity index (χ0v) is 18.0. The Morgan fingerprint density at radius 2 is 1.60 bits per heavy atom. The van der Waals surface area contributed by atoms with Gasteiger partial charge in [0.2, 0.25) is 5.91 Å². The first-order valence-electron chi connectivity index (χ1n) is 9.42. The number of hydrogen-bond donors (Lipinski definition) is 1. The van der Waals surface area contributed by atoms with E-state index in [1.165, 1.54) is 6.92 Å². The maximum atomic E-state index is 12.0. The molecule has 1 aromatic heterocycles. The van der Waals surface area contributed by atoms with E-state index < -0.39 is 0 Å². The number of carbonyl (C=O) groups is 1. The standard InChI is InChI=1S/C24H19Cl2N3O/c1-15-11-12-20(26)14-21(15)29-22(18-9-6-10-19(25)13-18)23(27-16(2)30)28-24(29)17-7-4-3-5-8-17/h3-14H,1-2H3,(H,27,30). The van der Waals surface area contributed by atoms with Gasteiger partial charge in [0, 0.05) is 28.1 Å². The number of benzene rings is 3. The molecule has 0 atom stereocenters. The lowest BCUT2D eigenvalue weighted by Gasteiger charge is -2.16. The molecule has 4 rings (SSSR count). The van der Waals surface area contributed by atoms with Crippen LogP contribution in [0.3, 0.4) is 0 Å². The van der Waals surface area contributed by atoms with Gasteiger partial charge in [-0.2, -0.15) is 0 Å². The minimum Gasteiger partial charge on any atom is -0.309 e. The number of rotatable bonds is 4. The molecule has 0 unspecified atom stereocenters. The minimum atomic E-state index is -0.203. The van der Waals surface area contributed by atoms with Gasteiger partial charge < -0.3 is 5.32 Å². The van der Waals surface area contributed by atoms with Crippen molar-refractivity contribution in [2.75, 3.05) is 5.32 Å². The Kier molecular flexibility index (Phi) is 5.62. The third kappa shape index (κ3) is 3.97. The monoisotopic (exact) mass is 435 g/mol. The molecule has 1 heterocycles. The lowest BCUT2D eigenvalue weighted by molar-refractivity contribution is -0.114. The molecule has 1 N–H and O–H groups in total. The van der Waals surface area contributed by atoms with Gasteiger partial charge in [-0.1, -0.05) is 71.7 Å². The molecule has 0 bridgehead atoms. The minimum absolute atomic E-state index is 0.203. The van der Waals surface area contributed by atoms with E-state index in [4.69, 9.17) is 28.2 Å². The second kappa shape index (κ2) is 8.34. The molecule has 1 amide bonds. The summed E-state index contributed by atoms with van der Waals surface area (Å²) in [7, 11) is 0. The molecule has 0 aliphatic carbocycles. The maximum absolute atomic E-state index is 12.0. The summed E-state index contributed by atoms with van der Waals surface area (Å²) in [5.74, 6) is 0.952. The topological polar surface area (TPSA) is 46.9 Å². The van der Waals surface area contributed by atoms with E-state index in [1.807, 2.05) is 84.3 Å². The molecule has 30 heavy (non-hydrogen) atoms. The predicted molar refractivity (Wildman–Crippen MR) is 123 cm³/mol. The van der Waals surface area contributed by atoms with Crippen LogP contribution in [0.5, 0.6) is 0 Å². The van der Waals surface area contributed by atoms with E-state index in [2.05, 4.69) is 5.32 Å². The van der Waals surface area contributed by atoms with Crippen LogP contribution in [0.15, 0.2) is 72.8 Å². The van der Waals surface area contributed by atoms with Crippen LogP contribution >= 0.6 is 23.2 Å². The maximum Gasteiger partial charge on any atom is 0.222 e. The first-order valence-corrected chi connectivity index (χ1v) is 10.2. The van der Waals surface area contributed by atoms with Crippen molar-refractivity contribution in [3.63, 3.8) is 0 Å². The second-order valence-corrected chi connectivity index (χ2v) is 7.83. The fraction of sp³-hybridized carbons (Fsp3) is 0.0833. The van der Waals surface area contributed by atoms with Crippen LogP contribution in [-0.2, 0) is 4.79 Å². The normalized spacial score (nSPS) is 10.8. The van der Waals surface area contributed by atoms with Crippen LogP contribution in [0, 0.1) is 6.92 Å². The quantitative estimate of drug-likeness (QED) is 0.383. The second-order valence-electron chi connectivity index (χ2n) is 6.96. The van der Waals surface area contributed by atoms with Crippen molar-refractivity contribution in [1.82, 2.24) is 9.55 Å². The molecular formula is C24H19Cl2N3O. The van der Waals surface area contributed by atoms with E-state index >= 15 is 0 Å². The van der Waals surface area contributed by atoms with Crippen LogP contribution in [0.1, 0.15) is 12.5 Å². The van der Waals surface area contributed by atoms with Gasteiger partial charge in [-0.05, 0) is 36.8 Å². The van der Waals surface area contributed by atoms with Gasteiger partial charge in [0.25, 0.3) is 0 Å². The molecule has 3 aromatic carbocycles. The third-order valence-electron chi connectivity index (χ3n) is 4.71. The van der Waals surface area contributed by atoms with E-state index in [9.17, 15) is 4.79 Å². The van der Waals surface area contributed by atoms with Crippen LogP contribution < -0.4 is 5.32 Å². The number of halogens is 2. The summed E-state index contributed by atoms with van der Waals surface area (Å²) in [6, 6.07) is 23.0. The average Bonchev–Trinajstić information content (AvgIpc) is 3.08. The summed E-state index contributed by atoms with van der Waals surface area (Å²) in [6.07, 6.45) is 0. The number of imidazole rings is 1. The van der Waals surface area contributed by atoms with Crippen LogP contribution in [-0.4, -0.2) is 15.5 Å². The molecule has 0 fully saturated rings. The van der Waals surface area contributed by atoms with Crippen molar-refractivity contribution in [2.45, 2.75) is 13.8 Å². The number of amides is 1. The Labute approximate surface area is 185 Å². The Balaban J connectivity index is 2.12. The number of aryl methyl sites for hydroxylation is 1. The van der Waals surface area contributed by atoms with Gasteiger partial charge >= 0.3 is 0 Å². The largest absolute Gasteiger partial charge is 0.309 e. The zero-order chi connectivity index (χ0) is 21.3. The smallest absolute Gasteiger partial charge is 0.222 e. The molecule has 0 spiro atoms. The summed E-state index contributed by atoms with van der Waals surface area (Å²) in [5, 5.41) is 4.09. The summed E-state index contributed by atoms with van der Waals surface area (Å²) in [5.41, 5.74) is 4.38. The predicted octanol–water partition coefficient (Wildman–Crippen LogP) is 6.78. The first kappa shape index (κ1) is 20.2. The number of nitrogens with zero attached hydrogens (tertiary/aromatic N) is 2. The highest BCUT2D eigenvalue weighted by atomic mass is 35.5. The van der Waals surface area contributed by atoms with E-state index in [-0.39, 0.29) is 5.91 Å². The van der Waals surface area contributed by atoms with Gasteiger partial charge in [-0.15, -0.1) is 0 Å². The van der Waals surface area contributed by atoms with Crippen molar-refractivity contribution in [3.05, 3.63) is 88.4 Å². The molecule has 0 saturated heterocycles. The number of hydrogen-bond acceptors (Lipinski definition) is 2. The lowest BCUT2D eigenvalue weighted by Crippen LogP contribution is -2.08. The highest BCUT2D eigenvalue weighted by Gasteiger charge is 2.23. The molecule has 0 saturated carbocycles. The van der Waals surface area contributed by atoms with E-state index in [1.54, 1.807) is 0 Å². The molecule has 0 aliphatic heterocycles. The average molecular weight is 436 g/mol. The summed E-state index contributed by atoms with van der Waals surface area (Å²) >= 11 is 12.6. The van der Waals surface area contributed by atoms with Crippen LogP contribution in [0.25, 0.3) is 28.3 Å². The fourth-order valence-electron chi connectivity index (χ4n) is 3.42. The van der Waals surface area contributed by atoms with Gasteiger partial charge in [0.05, 0.1) is 11.4 Å². The Bertz CT molecular complexity index is 1230. The third-order valence-corrected chi connectivity index (χ3v) is 5.18. The Hall–Kier alpha value is -3.08. The summed E-state index contributed by atoms with van der Waals surface area (Å²) in [6.45, 7) is 3.48. The van der Waals surface area contributed by atoms with Crippen molar-refractivity contribution >= 4 is 34.9 Å². The summed E-state index contributed by atoms with van der Waals surface area (Å²) in [4.78, 5) is 16.8. The molecular weight excluding hydrogens is 417 g/mol. The van der Waals surface area contributed by atoms with Crippen LogP contribution in [0.2, 0.25) is 10.0 Å². The first-order chi connectivity index (χ1) is 14.4. The van der Waals surface area contributed by atoms with Crippen LogP contribution in [0.4, 0.5) is 5.82 Å². The molecule has 4 aromatic rings. The SMILES string of the molecule is CC(=O)Nc1nc(-c2ccccc2)n(-c2cc(Cl)ccc2C)c1-c1cccc(Cl)c1. The van der Waals surface area contributed by atoms with Crippen molar-refractivity contribution in [2.24, 2.45) is 0 Å². The van der Waals surface area contributed by atoms with E-state index in [0.717, 1.165) is 28.1 Å². The molecule has 150 valence electrons. The Morgan fingerprint density at radius 3 is 2.30 bits per heavy atom. The molecule has 6 heteroatoms. The lowest BCUT2D eigenvalue weighted by atomic mass is 10.1. The highest BCUT2D eigenvalue weighted by molar-refractivity contribution is 6.31. The molecule has 0 radical (unpaired) electrons. The Morgan fingerprint density at radius 1 is 0.900 bits per heavy atom.